The first-order valence-electron chi connectivity index (χ1n) is 8.21. The van der Waals surface area contributed by atoms with E-state index in [-0.39, 0.29) is 0 Å². The lowest BCUT2D eigenvalue weighted by molar-refractivity contribution is 0.178. The van der Waals surface area contributed by atoms with Gasteiger partial charge in [0.1, 0.15) is 5.82 Å². The molecule has 1 saturated carbocycles. The van der Waals surface area contributed by atoms with Gasteiger partial charge in [-0.15, -0.1) is 0 Å². The normalized spacial score (nSPS) is 17.6. The standard InChI is InChI=1S/C16H30N4/c1-19-14-11-18-16(19)9-13-20(12-6-10-17)15-7-4-2-3-5-8-15/h11,14-15H,2-10,12-13,17H2,1H3. The van der Waals surface area contributed by atoms with E-state index in [0.29, 0.717) is 0 Å². The van der Waals surface area contributed by atoms with Gasteiger partial charge in [0.25, 0.3) is 0 Å². The van der Waals surface area contributed by atoms with Gasteiger partial charge >= 0.3 is 0 Å². The minimum absolute atomic E-state index is 0.768. The summed E-state index contributed by atoms with van der Waals surface area (Å²) >= 11 is 0. The van der Waals surface area contributed by atoms with E-state index in [1.807, 2.05) is 12.4 Å². The van der Waals surface area contributed by atoms with Crippen LogP contribution in [0.5, 0.6) is 0 Å². The Balaban J connectivity index is 1.90. The van der Waals surface area contributed by atoms with Crippen molar-refractivity contribution in [2.45, 2.75) is 57.4 Å². The highest BCUT2D eigenvalue weighted by Gasteiger charge is 2.19. The van der Waals surface area contributed by atoms with Crippen LogP contribution in [0.25, 0.3) is 0 Å². The van der Waals surface area contributed by atoms with E-state index < -0.39 is 0 Å². The van der Waals surface area contributed by atoms with Gasteiger partial charge < -0.3 is 10.3 Å². The van der Waals surface area contributed by atoms with Crippen LogP contribution in [0.2, 0.25) is 0 Å². The first kappa shape index (κ1) is 15.5. The van der Waals surface area contributed by atoms with Gasteiger partial charge in [0.15, 0.2) is 0 Å². The van der Waals surface area contributed by atoms with Crippen LogP contribution >= 0.6 is 0 Å². The second-order valence-corrected chi connectivity index (χ2v) is 6.03. The maximum Gasteiger partial charge on any atom is 0.109 e. The maximum absolute atomic E-state index is 5.71. The van der Waals surface area contributed by atoms with Crippen LogP contribution in [-0.4, -0.2) is 40.1 Å². The second kappa shape index (κ2) is 8.42. The number of aryl methyl sites for hydroxylation is 1. The predicted molar refractivity (Wildman–Crippen MR) is 83.6 cm³/mol. The highest BCUT2D eigenvalue weighted by Crippen LogP contribution is 2.22. The topological polar surface area (TPSA) is 47.1 Å². The molecule has 0 unspecified atom stereocenters. The summed E-state index contributed by atoms with van der Waals surface area (Å²) in [6, 6.07) is 0.768. The van der Waals surface area contributed by atoms with Gasteiger partial charge in [0, 0.05) is 38.4 Å². The smallest absolute Gasteiger partial charge is 0.109 e. The van der Waals surface area contributed by atoms with E-state index in [9.17, 15) is 0 Å². The fourth-order valence-corrected chi connectivity index (χ4v) is 3.28. The Morgan fingerprint density at radius 3 is 2.60 bits per heavy atom. The van der Waals surface area contributed by atoms with Crippen LogP contribution in [0.15, 0.2) is 12.4 Å². The summed E-state index contributed by atoms with van der Waals surface area (Å²) in [7, 11) is 2.08. The Bertz CT molecular complexity index is 366. The molecule has 4 heteroatoms. The van der Waals surface area contributed by atoms with Crippen LogP contribution in [-0.2, 0) is 13.5 Å². The molecule has 0 aromatic carbocycles. The molecule has 0 amide bonds. The molecule has 1 fully saturated rings. The Labute approximate surface area is 123 Å². The van der Waals surface area contributed by atoms with E-state index in [4.69, 9.17) is 5.73 Å². The molecule has 114 valence electrons. The highest BCUT2D eigenvalue weighted by molar-refractivity contribution is 4.92. The molecule has 1 aliphatic rings. The van der Waals surface area contributed by atoms with Gasteiger partial charge in [-0.05, 0) is 32.4 Å². The largest absolute Gasteiger partial charge is 0.338 e. The fourth-order valence-electron chi connectivity index (χ4n) is 3.28. The van der Waals surface area contributed by atoms with Crippen LogP contribution in [0, 0.1) is 0 Å². The maximum atomic E-state index is 5.71. The summed E-state index contributed by atoms with van der Waals surface area (Å²) in [4.78, 5) is 7.12. The van der Waals surface area contributed by atoms with Gasteiger partial charge in [-0.25, -0.2) is 4.98 Å². The van der Waals surface area contributed by atoms with Crippen molar-refractivity contribution in [3.8, 4) is 0 Å². The average molecular weight is 278 g/mol. The van der Waals surface area contributed by atoms with E-state index in [0.717, 1.165) is 38.5 Å². The lowest BCUT2D eigenvalue weighted by Crippen LogP contribution is -2.38. The fraction of sp³-hybridized carbons (Fsp3) is 0.812. The van der Waals surface area contributed by atoms with Crippen molar-refractivity contribution in [2.75, 3.05) is 19.6 Å². The van der Waals surface area contributed by atoms with E-state index in [1.54, 1.807) is 0 Å². The summed E-state index contributed by atoms with van der Waals surface area (Å²) in [6.45, 7) is 3.06. The zero-order valence-electron chi connectivity index (χ0n) is 12.9. The van der Waals surface area contributed by atoms with Crippen molar-refractivity contribution in [3.63, 3.8) is 0 Å². The molecule has 2 N–H and O–H groups in total. The Morgan fingerprint density at radius 2 is 2.00 bits per heavy atom. The minimum Gasteiger partial charge on any atom is -0.338 e. The third-order valence-electron chi connectivity index (χ3n) is 4.53. The molecule has 0 radical (unpaired) electrons. The van der Waals surface area contributed by atoms with E-state index >= 15 is 0 Å². The summed E-state index contributed by atoms with van der Waals surface area (Å²) < 4.78 is 2.13. The molecule has 1 aliphatic carbocycles. The van der Waals surface area contributed by atoms with Crippen molar-refractivity contribution < 1.29 is 0 Å². The molecule has 0 spiro atoms. The summed E-state index contributed by atoms with van der Waals surface area (Å²) in [5.41, 5.74) is 5.71. The monoisotopic (exact) mass is 278 g/mol. The number of aromatic nitrogens is 2. The number of hydrogen-bond donors (Lipinski definition) is 1. The Morgan fingerprint density at radius 1 is 1.25 bits per heavy atom. The zero-order chi connectivity index (χ0) is 14.2. The molecule has 1 aromatic heterocycles. The van der Waals surface area contributed by atoms with Gasteiger partial charge in [-0.2, -0.15) is 0 Å². The van der Waals surface area contributed by atoms with Crippen molar-refractivity contribution in [1.29, 1.82) is 0 Å². The number of imidazole rings is 1. The quantitative estimate of drug-likeness (QED) is 0.779. The lowest BCUT2D eigenvalue weighted by Gasteiger charge is -2.31. The first-order valence-corrected chi connectivity index (χ1v) is 8.21. The third kappa shape index (κ3) is 4.60. The molecule has 1 aromatic rings. The molecule has 4 nitrogen and oxygen atoms in total. The van der Waals surface area contributed by atoms with Crippen LogP contribution < -0.4 is 5.73 Å². The van der Waals surface area contributed by atoms with Crippen LogP contribution in [0.3, 0.4) is 0 Å². The second-order valence-electron chi connectivity index (χ2n) is 6.03. The molecule has 1 heterocycles. The number of nitrogens with two attached hydrogens (primary N) is 1. The molecule has 0 bridgehead atoms. The van der Waals surface area contributed by atoms with Crippen LogP contribution in [0.4, 0.5) is 0 Å². The molecule has 20 heavy (non-hydrogen) atoms. The van der Waals surface area contributed by atoms with Crippen LogP contribution in [0.1, 0.15) is 50.8 Å². The molecule has 0 saturated heterocycles. The van der Waals surface area contributed by atoms with Gasteiger partial charge in [0.05, 0.1) is 0 Å². The van der Waals surface area contributed by atoms with E-state index in [1.165, 1.54) is 44.3 Å². The number of rotatable bonds is 7. The van der Waals surface area contributed by atoms with Gasteiger partial charge in [-0.3, -0.25) is 4.90 Å². The number of nitrogens with zero attached hydrogens (tertiary/aromatic N) is 3. The van der Waals surface area contributed by atoms with Crippen molar-refractivity contribution in [1.82, 2.24) is 14.5 Å². The lowest BCUT2D eigenvalue weighted by atomic mass is 10.1. The Kier molecular flexibility index (Phi) is 6.54. The highest BCUT2D eigenvalue weighted by atomic mass is 15.2. The molecular weight excluding hydrogens is 248 g/mol. The van der Waals surface area contributed by atoms with E-state index in [2.05, 4.69) is 21.5 Å². The number of hydrogen-bond acceptors (Lipinski definition) is 3. The molecular formula is C16H30N4. The zero-order valence-corrected chi connectivity index (χ0v) is 12.9. The summed E-state index contributed by atoms with van der Waals surface area (Å²) in [5, 5.41) is 0. The molecule has 2 rings (SSSR count). The van der Waals surface area contributed by atoms with Crippen molar-refractivity contribution >= 4 is 0 Å². The third-order valence-corrected chi connectivity index (χ3v) is 4.53. The minimum atomic E-state index is 0.768. The summed E-state index contributed by atoms with van der Waals surface area (Å²) in [6.07, 6.45) is 14.4. The molecule has 0 aliphatic heterocycles. The predicted octanol–water partition coefficient (Wildman–Crippen LogP) is 2.34. The average Bonchev–Trinajstić information content (AvgIpc) is 2.70. The Hall–Kier alpha value is -0.870. The van der Waals surface area contributed by atoms with Gasteiger partial charge in [-0.1, -0.05) is 25.7 Å². The summed E-state index contributed by atoms with van der Waals surface area (Å²) in [5.74, 6) is 1.19. The van der Waals surface area contributed by atoms with Crippen molar-refractivity contribution in [3.05, 3.63) is 18.2 Å². The molecule has 0 atom stereocenters. The SMILES string of the molecule is Cn1ccnc1CCN(CCCN)C1CCCCCC1. The van der Waals surface area contributed by atoms with Crippen molar-refractivity contribution in [2.24, 2.45) is 12.8 Å². The van der Waals surface area contributed by atoms with Gasteiger partial charge in [0.2, 0.25) is 0 Å². The first-order chi connectivity index (χ1) is 9.81.